The van der Waals surface area contributed by atoms with Crippen molar-refractivity contribution in [2.75, 3.05) is 39.8 Å². The molecule has 160 valence electrons. The maximum Gasteiger partial charge on any atom is 0.213 e. The Balaban J connectivity index is 0.00000392. The second-order valence-electron chi connectivity index (χ2n) is 7.62. The van der Waals surface area contributed by atoms with Crippen molar-refractivity contribution in [3.05, 3.63) is 23.9 Å². The van der Waals surface area contributed by atoms with Gasteiger partial charge in [0.05, 0.1) is 18.8 Å². The quantitative estimate of drug-likeness (QED) is 0.322. The third-order valence-electron chi connectivity index (χ3n) is 4.18. The number of ether oxygens (including phenoxy) is 2. The molecular formula is C20H36IN5O2. The fraction of sp³-hybridized carbons (Fsp3) is 0.700. The molecule has 1 aliphatic heterocycles. The summed E-state index contributed by atoms with van der Waals surface area (Å²) < 4.78 is 11.5. The van der Waals surface area contributed by atoms with Gasteiger partial charge >= 0.3 is 0 Å². The Kier molecular flexibility index (Phi) is 11.7. The van der Waals surface area contributed by atoms with Crippen LogP contribution in [0.5, 0.6) is 5.88 Å². The van der Waals surface area contributed by atoms with Gasteiger partial charge in [0.1, 0.15) is 0 Å². The Morgan fingerprint density at radius 1 is 1.32 bits per heavy atom. The summed E-state index contributed by atoms with van der Waals surface area (Å²) in [7, 11) is 1.78. The van der Waals surface area contributed by atoms with Gasteiger partial charge in [0, 0.05) is 52.0 Å². The maximum atomic E-state index is 5.88. The number of nitrogens with zero attached hydrogens (tertiary/aromatic N) is 3. The van der Waals surface area contributed by atoms with E-state index in [1.54, 1.807) is 7.05 Å². The maximum absolute atomic E-state index is 5.88. The van der Waals surface area contributed by atoms with Crippen LogP contribution in [0.15, 0.2) is 23.3 Å². The molecule has 1 saturated heterocycles. The average Bonchev–Trinajstić information content (AvgIpc) is 2.62. The molecule has 0 aromatic carbocycles. The van der Waals surface area contributed by atoms with Crippen LogP contribution >= 0.6 is 24.0 Å². The van der Waals surface area contributed by atoms with Crippen LogP contribution in [0.4, 0.5) is 0 Å². The Bertz CT molecular complexity index is 580. The molecule has 2 N–H and O–H groups in total. The molecule has 1 aromatic heterocycles. The highest BCUT2D eigenvalue weighted by atomic mass is 127. The first-order valence-corrected chi connectivity index (χ1v) is 9.86. The second kappa shape index (κ2) is 13.2. The zero-order chi connectivity index (χ0) is 19.6. The van der Waals surface area contributed by atoms with E-state index >= 15 is 0 Å². The van der Waals surface area contributed by atoms with Crippen LogP contribution in [0, 0.1) is 5.92 Å². The first kappa shape index (κ1) is 24.9. The first-order valence-electron chi connectivity index (χ1n) is 9.86. The highest BCUT2D eigenvalue weighted by Crippen LogP contribution is 2.09. The predicted molar refractivity (Wildman–Crippen MR) is 125 cm³/mol. The van der Waals surface area contributed by atoms with Gasteiger partial charge in [-0.3, -0.25) is 9.89 Å². The number of aromatic nitrogens is 1. The van der Waals surface area contributed by atoms with E-state index in [0.29, 0.717) is 18.3 Å². The number of hydrogen-bond donors (Lipinski definition) is 2. The monoisotopic (exact) mass is 505 g/mol. The summed E-state index contributed by atoms with van der Waals surface area (Å²) in [6.07, 6.45) is 2.14. The molecule has 1 unspecified atom stereocenters. The van der Waals surface area contributed by atoms with Gasteiger partial charge in [-0.15, -0.1) is 24.0 Å². The van der Waals surface area contributed by atoms with Crippen molar-refractivity contribution in [2.45, 2.75) is 46.4 Å². The number of guanidine groups is 1. The zero-order valence-corrected chi connectivity index (χ0v) is 20.1. The number of hydrogen-bond acceptors (Lipinski definition) is 5. The number of pyridine rings is 1. The summed E-state index contributed by atoms with van der Waals surface area (Å²) in [5, 5.41) is 6.68. The van der Waals surface area contributed by atoms with E-state index in [-0.39, 0.29) is 36.2 Å². The third-order valence-corrected chi connectivity index (χ3v) is 4.18. The van der Waals surface area contributed by atoms with Crippen molar-refractivity contribution < 1.29 is 9.47 Å². The van der Waals surface area contributed by atoms with Gasteiger partial charge in [0.25, 0.3) is 0 Å². The Morgan fingerprint density at radius 3 is 2.71 bits per heavy atom. The van der Waals surface area contributed by atoms with Gasteiger partial charge in [-0.05, 0) is 25.3 Å². The fourth-order valence-electron chi connectivity index (χ4n) is 3.03. The Morgan fingerprint density at radius 2 is 2.11 bits per heavy atom. The topological polar surface area (TPSA) is 71.0 Å². The molecule has 0 aliphatic carbocycles. The van der Waals surface area contributed by atoms with Crippen LogP contribution in [-0.4, -0.2) is 67.9 Å². The molecule has 1 aromatic rings. The fourth-order valence-corrected chi connectivity index (χ4v) is 3.03. The van der Waals surface area contributed by atoms with Crippen molar-refractivity contribution in [1.82, 2.24) is 20.5 Å². The molecule has 0 radical (unpaired) electrons. The van der Waals surface area contributed by atoms with Crippen molar-refractivity contribution in [3.63, 3.8) is 0 Å². The van der Waals surface area contributed by atoms with Crippen molar-refractivity contribution in [1.29, 1.82) is 0 Å². The standard InChI is InChI=1S/C20H35N5O2.HI/c1-15(2)13-25-8-9-26-18(14-25)12-24-20(21-5)23-11-17-6-7-19(22-10-17)27-16(3)4;/h6-7,10,15-16,18H,8-9,11-14H2,1-5H3,(H2,21,23,24);1H. The lowest BCUT2D eigenvalue weighted by atomic mass is 10.2. The number of aliphatic imine (C=N–C) groups is 1. The number of nitrogens with one attached hydrogen (secondary N) is 2. The number of halogens is 1. The van der Waals surface area contributed by atoms with E-state index in [4.69, 9.17) is 9.47 Å². The minimum atomic E-state index is 0. The van der Waals surface area contributed by atoms with E-state index < -0.39 is 0 Å². The summed E-state index contributed by atoms with van der Waals surface area (Å²) in [5.74, 6) is 2.09. The van der Waals surface area contributed by atoms with Crippen LogP contribution < -0.4 is 15.4 Å². The van der Waals surface area contributed by atoms with Crippen LogP contribution in [-0.2, 0) is 11.3 Å². The number of rotatable bonds is 8. The summed E-state index contributed by atoms with van der Waals surface area (Å²) >= 11 is 0. The SMILES string of the molecule is CN=C(NCc1ccc(OC(C)C)nc1)NCC1CN(CC(C)C)CCO1.I. The lowest BCUT2D eigenvalue weighted by Gasteiger charge is -2.34. The average molecular weight is 505 g/mol. The lowest BCUT2D eigenvalue weighted by molar-refractivity contribution is -0.0284. The lowest BCUT2D eigenvalue weighted by Crippen LogP contribution is -2.50. The molecule has 0 spiro atoms. The van der Waals surface area contributed by atoms with Gasteiger partial charge < -0.3 is 20.1 Å². The minimum absolute atomic E-state index is 0. The van der Waals surface area contributed by atoms with E-state index in [2.05, 4.69) is 39.4 Å². The molecule has 2 heterocycles. The van der Waals surface area contributed by atoms with Gasteiger partial charge in [-0.1, -0.05) is 19.9 Å². The Labute approximate surface area is 186 Å². The van der Waals surface area contributed by atoms with Gasteiger partial charge in [-0.2, -0.15) is 0 Å². The molecule has 28 heavy (non-hydrogen) atoms. The molecule has 1 fully saturated rings. The van der Waals surface area contributed by atoms with Crippen LogP contribution in [0.2, 0.25) is 0 Å². The highest BCUT2D eigenvalue weighted by molar-refractivity contribution is 14.0. The van der Waals surface area contributed by atoms with Crippen LogP contribution in [0.3, 0.4) is 0 Å². The van der Waals surface area contributed by atoms with Gasteiger partial charge in [0.2, 0.25) is 5.88 Å². The van der Waals surface area contributed by atoms with Crippen LogP contribution in [0.25, 0.3) is 0 Å². The number of morpholine rings is 1. The normalized spacial score (nSPS) is 18.1. The molecule has 0 amide bonds. The Hall–Kier alpha value is -1.13. The summed E-state index contributed by atoms with van der Waals surface area (Å²) in [4.78, 5) is 11.1. The zero-order valence-electron chi connectivity index (χ0n) is 17.8. The van der Waals surface area contributed by atoms with Crippen LogP contribution in [0.1, 0.15) is 33.3 Å². The summed E-state index contributed by atoms with van der Waals surface area (Å²) in [5.41, 5.74) is 1.08. The van der Waals surface area contributed by atoms with E-state index in [1.807, 2.05) is 32.2 Å². The first-order chi connectivity index (χ1) is 13.0. The molecule has 0 bridgehead atoms. The van der Waals surface area contributed by atoms with Crippen molar-refractivity contribution in [3.8, 4) is 5.88 Å². The van der Waals surface area contributed by atoms with Crippen molar-refractivity contribution in [2.24, 2.45) is 10.9 Å². The largest absolute Gasteiger partial charge is 0.475 e. The highest BCUT2D eigenvalue weighted by Gasteiger charge is 2.21. The van der Waals surface area contributed by atoms with E-state index in [9.17, 15) is 0 Å². The predicted octanol–water partition coefficient (Wildman–Crippen LogP) is 2.51. The third kappa shape index (κ3) is 9.38. The smallest absolute Gasteiger partial charge is 0.213 e. The molecule has 2 rings (SSSR count). The molecule has 8 heteroatoms. The summed E-state index contributed by atoms with van der Waals surface area (Å²) in [6, 6.07) is 3.91. The van der Waals surface area contributed by atoms with E-state index in [0.717, 1.165) is 44.3 Å². The van der Waals surface area contributed by atoms with Gasteiger partial charge in [-0.25, -0.2) is 4.98 Å². The molecule has 0 saturated carbocycles. The molecule has 1 atom stereocenters. The molecular weight excluding hydrogens is 469 g/mol. The summed E-state index contributed by atoms with van der Waals surface area (Å²) in [6.45, 7) is 13.8. The van der Waals surface area contributed by atoms with Gasteiger partial charge in [0.15, 0.2) is 5.96 Å². The molecule has 1 aliphatic rings. The molecule has 7 nitrogen and oxygen atoms in total. The minimum Gasteiger partial charge on any atom is -0.475 e. The van der Waals surface area contributed by atoms with E-state index in [1.165, 1.54) is 0 Å². The second-order valence-corrected chi connectivity index (χ2v) is 7.62. The van der Waals surface area contributed by atoms with Crippen molar-refractivity contribution >= 4 is 29.9 Å².